The maximum Gasteiger partial charge on any atom is 0.247 e. The van der Waals surface area contributed by atoms with Gasteiger partial charge in [0, 0.05) is 22.9 Å². The maximum absolute atomic E-state index is 13.2. The molecule has 38 heavy (non-hydrogen) atoms. The average molecular weight is 537 g/mol. The predicted molar refractivity (Wildman–Crippen MR) is 148 cm³/mol. The number of benzene rings is 3. The van der Waals surface area contributed by atoms with E-state index >= 15 is 0 Å². The number of carbonyl (C=O) groups excluding carboxylic acids is 2. The number of rotatable bonds is 7. The van der Waals surface area contributed by atoms with Crippen molar-refractivity contribution in [3.8, 4) is 11.5 Å². The highest BCUT2D eigenvalue weighted by molar-refractivity contribution is 7.92. The number of hydrogen-bond acceptors (Lipinski definition) is 6. The van der Waals surface area contributed by atoms with Crippen molar-refractivity contribution in [2.24, 2.45) is 0 Å². The first kappa shape index (κ1) is 27.2. The number of ketones is 1. The molecule has 3 aromatic rings. The number of amides is 1. The lowest BCUT2D eigenvalue weighted by atomic mass is 9.86. The van der Waals surface area contributed by atoms with E-state index in [4.69, 9.17) is 9.47 Å². The van der Waals surface area contributed by atoms with Gasteiger partial charge in [-0.2, -0.15) is 0 Å². The number of hydrogen-bond donors (Lipinski definition) is 1. The molecule has 1 aliphatic rings. The van der Waals surface area contributed by atoms with Crippen LogP contribution in [0.3, 0.4) is 0 Å². The summed E-state index contributed by atoms with van der Waals surface area (Å²) in [6, 6.07) is 17.7. The van der Waals surface area contributed by atoms with Crippen LogP contribution >= 0.6 is 0 Å². The second kappa shape index (κ2) is 10.5. The van der Waals surface area contributed by atoms with Gasteiger partial charge in [-0.15, -0.1) is 0 Å². The van der Waals surface area contributed by atoms with Crippen LogP contribution in [-0.2, 0) is 20.2 Å². The van der Waals surface area contributed by atoms with Crippen molar-refractivity contribution in [1.82, 2.24) is 0 Å². The van der Waals surface area contributed by atoms with Gasteiger partial charge in [0.25, 0.3) is 0 Å². The molecule has 0 aromatic heterocycles. The van der Waals surface area contributed by atoms with Gasteiger partial charge in [-0.1, -0.05) is 57.2 Å². The highest BCUT2D eigenvalue weighted by atomic mass is 32.2. The fourth-order valence-electron chi connectivity index (χ4n) is 4.25. The summed E-state index contributed by atoms with van der Waals surface area (Å²) >= 11 is 0. The Labute approximate surface area is 223 Å². The van der Waals surface area contributed by atoms with Gasteiger partial charge in [-0.25, -0.2) is 8.42 Å². The number of nitrogens with one attached hydrogen (secondary N) is 1. The molecule has 1 N–H and O–H groups in total. The van der Waals surface area contributed by atoms with Crippen LogP contribution in [-0.4, -0.2) is 45.6 Å². The second-order valence-corrected chi connectivity index (χ2v) is 12.1. The van der Waals surface area contributed by atoms with Crippen molar-refractivity contribution in [1.29, 1.82) is 0 Å². The fraction of sp³-hybridized carbons (Fsp3) is 0.310. The zero-order valence-corrected chi connectivity index (χ0v) is 23.0. The van der Waals surface area contributed by atoms with Gasteiger partial charge in [0.2, 0.25) is 15.9 Å². The van der Waals surface area contributed by atoms with E-state index in [-0.39, 0.29) is 16.9 Å². The largest absolute Gasteiger partial charge is 0.486 e. The van der Waals surface area contributed by atoms with E-state index in [0.29, 0.717) is 41.5 Å². The third kappa shape index (κ3) is 5.99. The monoisotopic (exact) mass is 536 g/mol. The van der Waals surface area contributed by atoms with Crippen molar-refractivity contribution in [3.05, 3.63) is 83.4 Å². The Morgan fingerprint density at radius 3 is 2.18 bits per heavy atom. The molecule has 0 fully saturated rings. The molecule has 1 heterocycles. The Balaban J connectivity index is 1.54. The van der Waals surface area contributed by atoms with Crippen molar-refractivity contribution in [3.63, 3.8) is 0 Å². The SMILES string of the molecule is C[C@H](C(=O)Nc1cccc(C(=O)c2ccc(C(C)(C)C)cc2)c1)N(c1ccc2c(c1)OCCO2)S(C)(=O)=O. The van der Waals surface area contributed by atoms with Crippen molar-refractivity contribution in [2.45, 2.75) is 39.2 Å². The van der Waals surface area contributed by atoms with Crippen LogP contribution in [0.2, 0.25) is 0 Å². The molecule has 8 nitrogen and oxygen atoms in total. The molecule has 4 rings (SSSR count). The maximum atomic E-state index is 13.2. The Hall–Kier alpha value is -3.85. The van der Waals surface area contributed by atoms with Gasteiger partial charge < -0.3 is 14.8 Å². The van der Waals surface area contributed by atoms with E-state index in [9.17, 15) is 18.0 Å². The van der Waals surface area contributed by atoms with Crippen LogP contribution in [0.5, 0.6) is 11.5 Å². The summed E-state index contributed by atoms with van der Waals surface area (Å²) in [4.78, 5) is 26.3. The van der Waals surface area contributed by atoms with Gasteiger partial charge in [-0.3, -0.25) is 13.9 Å². The molecule has 0 bridgehead atoms. The molecule has 1 amide bonds. The molecule has 0 aliphatic carbocycles. The van der Waals surface area contributed by atoms with Crippen LogP contribution in [0.4, 0.5) is 11.4 Å². The Morgan fingerprint density at radius 1 is 0.895 bits per heavy atom. The minimum absolute atomic E-state index is 0.0256. The molecule has 1 atom stereocenters. The predicted octanol–water partition coefficient (Wildman–Crippen LogP) is 4.78. The molecule has 9 heteroatoms. The van der Waals surface area contributed by atoms with Gasteiger partial charge >= 0.3 is 0 Å². The molecule has 0 spiro atoms. The number of carbonyl (C=O) groups is 2. The number of fused-ring (bicyclic) bond motifs is 1. The summed E-state index contributed by atoms with van der Waals surface area (Å²) in [5.41, 5.74) is 2.71. The van der Waals surface area contributed by atoms with Gasteiger partial charge in [-0.05, 0) is 42.2 Å². The Morgan fingerprint density at radius 2 is 1.55 bits per heavy atom. The first-order valence-corrected chi connectivity index (χ1v) is 14.1. The average Bonchev–Trinajstić information content (AvgIpc) is 2.87. The third-order valence-electron chi connectivity index (χ3n) is 6.27. The van der Waals surface area contributed by atoms with E-state index in [2.05, 4.69) is 26.1 Å². The van der Waals surface area contributed by atoms with Crippen molar-refractivity contribution >= 4 is 33.1 Å². The Kier molecular flexibility index (Phi) is 7.51. The Bertz CT molecular complexity index is 1460. The molecule has 0 saturated heterocycles. The second-order valence-electron chi connectivity index (χ2n) is 10.3. The molecule has 0 radical (unpaired) electrons. The standard InChI is InChI=1S/C29H32N2O6S/c1-19(31(38(5,34)35)24-13-14-25-26(18-24)37-16-15-36-25)28(33)30-23-8-6-7-21(17-23)27(32)20-9-11-22(12-10-20)29(2,3)4/h6-14,17-19H,15-16H2,1-5H3,(H,30,33)/t19-/m1/s1. The lowest BCUT2D eigenvalue weighted by Gasteiger charge is -2.29. The molecule has 200 valence electrons. The number of sulfonamides is 1. The minimum atomic E-state index is -3.83. The number of nitrogens with zero attached hydrogens (tertiary/aromatic N) is 1. The number of anilines is 2. The van der Waals surface area contributed by atoms with Gasteiger partial charge in [0.05, 0.1) is 11.9 Å². The van der Waals surface area contributed by atoms with Crippen LogP contribution in [0.1, 0.15) is 49.2 Å². The zero-order chi connectivity index (χ0) is 27.7. The fourth-order valence-corrected chi connectivity index (χ4v) is 5.42. The number of ether oxygens (including phenoxy) is 2. The molecule has 1 aliphatic heterocycles. The summed E-state index contributed by atoms with van der Waals surface area (Å²) in [6.45, 7) is 8.58. The van der Waals surface area contributed by atoms with E-state index in [1.165, 1.54) is 6.92 Å². The summed E-state index contributed by atoms with van der Waals surface area (Å²) in [7, 11) is -3.83. The summed E-state index contributed by atoms with van der Waals surface area (Å²) in [5.74, 6) is 0.199. The van der Waals surface area contributed by atoms with Gasteiger partial charge in [0.1, 0.15) is 19.3 Å². The summed E-state index contributed by atoms with van der Waals surface area (Å²) in [5, 5.41) is 2.75. The molecule has 0 unspecified atom stereocenters. The van der Waals surface area contributed by atoms with E-state index in [0.717, 1.165) is 16.1 Å². The van der Waals surface area contributed by atoms with Crippen molar-refractivity contribution < 1.29 is 27.5 Å². The topological polar surface area (TPSA) is 102 Å². The van der Waals surface area contributed by atoms with E-state index in [1.54, 1.807) is 54.6 Å². The summed E-state index contributed by atoms with van der Waals surface area (Å²) < 4.78 is 37.6. The van der Waals surface area contributed by atoms with Crippen molar-refractivity contribution in [2.75, 3.05) is 29.1 Å². The normalized spacial score (nSPS) is 13.9. The highest BCUT2D eigenvalue weighted by Gasteiger charge is 2.30. The lowest BCUT2D eigenvalue weighted by molar-refractivity contribution is -0.116. The highest BCUT2D eigenvalue weighted by Crippen LogP contribution is 2.35. The minimum Gasteiger partial charge on any atom is -0.486 e. The third-order valence-corrected chi connectivity index (χ3v) is 7.52. The van der Waals surface area contributed by atoms with E-state index < -0.39 is 22.0 Å². The smallest absolute Gasteiger partial charge is 0.247 e. The first-order valence-electron chi connectivity index (χ1n) is 12.3. The van der Waals surface area contributed by atoms with E-state index in [1.807, 2.05) is 12.1 Å². The van der Waals surface area contributed by atoms with Crippen LogP contribution in [0.15, 0.2) is 66.7 Å². The lowest BCUT2D eigenvalue weighted by Crippen LogP contribution is -2.45. The quantitative estimate of drug-likeness (QED) is 0.436. The molecular formula is C29H32N2O6S. The summed E-state index contributed by atoms with van der Waals surface area (Å²) in [6.07, 6.45) is 1.04. The van der Waals surface area contributed by atoms with Crippen LogP contribution < -0.4 is 19.1 Å². The zero-order valence-electron chi connectivity index (χ0n) is 22.1. The molecule has 3 aromatic carbocycles. The first-order chi connectivity index (χ1) is 17.8. The molecular weight excluding hydrogens is 504 g/mol. The van der Waals surface area contributed by atoms with Crippen LogP contribution in [0, 0.1) is 0 Å². The van der Waals surface area contributed by atoms with Gasteiger partial charge in [0.15, 0.2) is 17.3 Å². The molecule has 0 saturated carbocycles. The van der Waals surface area contributed by atoms with Crippen LogP contribution in [0.25, 0.3) is 0 Å².